The van der Waals surface area contributed by atoms with Crippen molar-refractivity contribution < 1.29 is 9.47 Å². The quantitative estimate of drug-likeness (QED) is 0.811. The predicted octanol–water partition coefficient (Wildman–Crippen LogP) is 1.38. The Balaban J connectivity index is 2.14. The summed E-state index contributed by atoms with van der Waals surface area (Å²) in [6, 6.07) is 0. The van der Waals surface area contributed by atoms with Crippen molar-refractivity contribution in [2.75, 3.05) is 26.2 Å². The van der Waals surface area contributed by atoms with Gasteiger partial charge in [0.05, 0.1) is 18.3 Å². The zero-order valence-electron chi connectivity index (χ0n) is 12.0. The maximum absolute atomic E-state index is 6.15. The molecular weight excluding hydrogens is 228 g/mol. The maximum Gasteiger partial charge on any atom is 0.0674 e. The number of hydrogen-bond donors (Lipinski definition) is 1. The van der Waals surface area contributed by atoms with Gasteiger partial charge in [0.1, 0.15) is 0 Å². The highest BCUT2D eigenvalue weighted by molar-refractivity contribution is 4.98. The average Bonchev–Trinajstić information content (AvgIpc) is 2.52. The van der Waals surface area contributed by atoms with Crippen LogP contribution in [0, 0.1) is 0 Å². The summed E-state index contributed by atoms with van der Waals surface area (Å²) in [5.41, 5.74) is 6.26. The molecule has 18 heavy (non-hydrogen) atoms. The Kier molecular flexibility index (Phi) is 4.64. The minimum atomic E-state index is 0.110. The molecule has 4 nitrogen and oxygen atoms in total. The van der Waals surface area contributed by atoms with Gasteiger partial charge in [-0.25, -0.2) is 0 Å². The Bertz CT molecular complexity index is 263. The highest BCUT2D eigenvalue weighted by atomic mass is 16.5. The summed E-state index contributed by atoms with van der Waals surface area (Å²) in [5.74, 6) is 0. The van der Waals surface area contributed by atoms with E-state index in [2.05, 4.69) is 25.7 Å². The van der Waals surface area contributed by atoms with E-state index in [-0.39, 0.29) is 5.54 Å². The van der Waals surface area contributed by atoms with Crippen LogP contribution in [0.3, 0.4) is 0 Å². The molecule has 0 amide bonds. The summed E-state index contributed by atoms with van der Waals surface area (Å²) in [7, 11) is 0. The van der Waals surface area contributed by atoms with E-state index < -0.39 is 0 Å². The third-order valence-corrected chi connectivity index (χ3v) is 4.30. The fourth-order valence-electron chi connectivity index (χ4n) is 3.63. The molecule has 2 saturated heterocycles. The van der Waals surface area contributed by atoms with E-state index in [0.29, 0.717) is 18.3 Å². The number of rotatable bonds is 2. The largest absolute Gasteiger partial charge is 0.377 e. The van der Waals surface area contributed by atoms with Crippen LogP contribution in [-0.4, -0.2) is 55.0 Å². The molecule has 0 bridgehead atoms. The van der Waals surface area contributed by atoms with Crippen LogP contribution in [0.2, 0.25) is 0 Å². The molecule has 0 spiro atoms. The van der Waals surface area contributed by atoms with Crippen LogP contribution in [0.4, 0.5) is 0 Å². The third-order valence-electron chi connectivity index (χ3n) is 4.30. The summed E-state index contributed by atoms with van der Waals surface area (Å²) < 4.78 is 11.6. The highest BCUT2D eigenvalue weighted by Crippen LogP contribution is 2.34. The molecule has 3 atom stereocenters. The lowest BCUT2D eigenvalue weighted by Gasteiger charge is -2.49. The van der Waals surface area contributed by atoms with Gasteiger partial charge in [-0.3, -0.25) is 4.90 Å². The monoisotopic (exact) mass is 256 g/mol. The molecule has 2 rings (SSSR count). The van der Waals surface area contributed by atoms with Crippen LogP contribution >= 0.6 is 0 Å². The first-order valence-corrected chi connectivity index (χ1v) is 7.28. The first-order valence-electron chi connectivity index (χ1n) is 7.28. The second-order valence-electron chi connectivity index (χ2n) is 6.08. The Morgan fingerprint density at radius 1 is 1.17 bits per heavy atom. The molecule has 2 aliphatic rings. The smallest absolute Gasteiger partial charge is 0.0674 e. The molecule has 0 radical (unpaired) electrons. The molecule has 106 valence electrons. The summed E-state index contributed by atoms with van der Waals surface area (Å²) in [6.45, 7) is 10.2. The zero-order chi connectivity index (χ0) is 13.2. The lowest BCUT2D eigenvalue weighted by Crippen LogP contribution is -2.60. The second-order valence-corrected chi connectivity index (χ2v) is 6.08. The normalized spacial score (nSPS) is 43.7. The average molecular weight is 256 g/mol. The van der Waals surface area contributed by atoms with E-state index in [9.17, 15) is 0 Å². The molecular formula is C14H28N2O2. The fraction of sp³-hybridized carbons (Fsp3) is 1.00. The Labute approximate surface area is 111 Å². The molecule has 2 fully saturated rings. The van der Waals surface area contributed by atoms with E-state index in [4.69, 9.17) is 15.2 Å². The predicted molar refractivity (Wildman–Crippen MR) is 72.6 cm³/mol. The molecule has 2 heterocycles. The van der Waals surface area contributed by atoms with Gasteiger partial charge in [0, 0.05) is 31.8 Å². The SMILES string of the molecule is CC1CN(C2(CN)CC(C)OC(C)C2)CCCO1. The lowest BCUT2D eigenvalue weighted by molar-refractivity contribution is -0.106. The van der Waals surface area contributed by atoms with Crippen molar-refractivity contribution in [2.24, 2.45) is 5.73 Å². The molecule has 0 aromatic rings. The highest BCUT2D eigenvalue weighted by Gasteiger charge is 2.42. The third kappa shape index (κ3) is 3.05. The first-order chi connectivity index (χ1) is 8.55. The summed E-state index contributed by atoms with van der Waals surface area (Å²) in [6.07, 6.45) is 4.11. The Morgan fingerprint density at radius 2 is 1.83 bits per heavy atom. The van der Waals surface area contributed by atoms with Crippen LogP contribution in [0.5, 0.6) is 0 Å². The van der Waals surface area contributed by atoms with Crippen molar-refractivity contribution in [3.8, 4) is 0 Å². The number of nitrogens with two attached hydrogens (primary N) is 1. The van der Waals surface area contributed by atoms with Crippen LogP contribution in [0.25, 0.3) is 0 Å². The van der Waals surface area contributed by atoms with Crippen LogP contribution in [0.15, 0.2) is 0 Å². The van der Waals surface area contributed by atoms with Crippen LogP contribution in [-0.2, 0) is 9.47 Å². The summed E-state index contributed by atoms with van der Waals surface area (Å²) in [4.78, 5) is 2.57. The van der Waals surface area contributed by atoms with Crippen LogP contribution < -0.4 is 5.73 Å². The van der Waals surface area contributed by atoms with Gasteiger partial charge >= 0.3 is 0 Å². The van der Waals surface area contributed by atoms with Gasteiger partial charge in [0.2, 0.25) is 0 Å². The van der Waals surface area contributed by atoms with E-state index in [1.165, 1.54) is 0 Å². The Morgan fingerprint density at radius 3 is 2.44 bits per heavy atom. The van der Waals surface area contributed by atoms with Gasteiger partial charge in [-0.05, 0) is 40.0 Å². The van der Waals surface area contributed by atoms with Gasteiger partial charge in [0.15, 0.2) is 0 Å². The molecule has 3 unspecified atom stereocenters. The molecule has 2 aliphatic heterocycles. The molecule has 0 aliphatic carbocycles. The zero-order valence-corrected chi connectivity index (χ0v) is 12.0. The first kappa shape index (κ1) is 14.3. The molecule has 0 aromatic carbocycles. The number of ether oxygens (including phenoxy) is 2. The Hall–Kier alpha value is -0.160. The molecule has 2 N–H and O–H groups in total. The van der Waals surface area contributed by atoms with Crippen molar-refractivity contribution in [3.05, 3.63) is 0 Å². The minimum absolute atomic E-state index is 0.110. The molecule has 4 heteroatoms. The standard InChI is InChI=1S/C14H28N2O2/c1-11-7-14(10-15,8-12(2)18-11)16-5-4-6-17-13(3)9-16/h11-13H,4-10,15H2,1-3H3. The van der Waals surface area contributed by atoms with Crippen molar-refractivity contribution in [1.82, 2.24) is 4.90 Å². The summed E-state index contributed by atoms with van der Waals surface area (Å²) in [5, 5.41) is 0. The molecule has 0 saturated carbocycles. The van der Waals surface area contributed by atoms with Gasteiger partial charge in [0.25, 0.3) is 0 Å². The number of hydrogen-bond acceptors (Lipinski definition) is 4. The second kappa shape index (κ2) is 5.87. The van der Waals surface area contributed by atoms with Gasteiger partial charge in [-0.1, -0.05) is 0 Å². The van der Waals surface area contributed by atoms with E-state index >= 15 is 0 Å². The summed E-state index contributed by atoms with van der Waals surface area (Å²) >= 11 is 0. The van der Waals surface area contributed by atoms with Crippen molar-refractivity contribution in [3.63, 3.8) is 0 Å². The minimum Gasteiger partial charge on any atom is -0.377 e. The van der Waals surface area contributed by atoms with Crippen molar-refractivity contribution in [1.29, 1.82) is 0 Å². The fourth-order valence-corrected chi connectivity index (χ4v) is 3.63. The van der Waals surface area contributed by atoms with E-state index in [1.807, 2.05) is 0 Å². The van der Waals surface area contributed by atoms with Gasteiger partial charge in [-0.2, -0.15) is 0 Å². The topological polar surface area (TPSA) is 47.7 Å². The van der Waals surface area contributed by atoms with Crippen LogP contribution in [0.1, 0.15) is 40.0 Å². The van der Waals surface area contributed by atoms with Gasteiger partial charge < -0.3 is 15.2 Å². The van der Waals surface area contributed by atoms with Crippen molar-refractivity contribution in [2.45, 2.75) is 63.9 Å². The van der Waals surface area contributed by atoms with Crippen molar-refractivity contribution >= 4 is 0 Å². The maximum atomic E-state index is 6.15. The van der Waals surface area contributed by atoms with E-state index in [1.54, 1.807) is 0 Å². The molecule has 0 aromatic heterocycles. The van der Waals surface area contributed by atoms with E-state index in [0.717, 1.165) is 45.5 Å². The van der Waals surface area contributed by atoms with Gasteiger partial charge in [-0.15, -0.1) is 0 Å². The lowest BCUT2D eigenvalue weighted by atomic mass is 9.82. The number of nitrogens with zero attached hydrogens (tertiary/aromatic N) is 1.